The van der Waals surface area contributed by atoms with Gasteiger partial charge in [-0.1, -0.05) is 351 Å². The molecule has 134 heavy (non-hydrogen) atoms. The van der Waals surface area contributed by atoms with Crippen molar-refractivity contribution in [1.82, 2.24) is 0 Å². The minimum atomic E-state index is -0.449. The highest BCUT2D eigenvalue weighted by molar-refractivity contribution is 7.99. The van der Waals surface area contributed by atoms with Gasteiger partial charge < -0.3 is 19.1 Å². The molecule has 0 radical (unpaired) electrons. The summed E-state index contributed by atoms with van der Waals surface area (Å²) in [6, 6.07) is 164. The standard InChI is InChI=1S/C59H37NS2.C35H29BO2S.C30H20ClNS/c1-2-13-38(14-3-1)39-25-30-42(31-26-39)60(44-34-36-54-48(37-44)47-17-6-9-22-53(47)61-54)43-32-27-41(28-33-43)46-18-12-21-51-57(46)58-45-16-5-4-15-40(45)29-35-52(58)59(51)49-19-7-10-23-55(49)62-56-24-11-8-20-50(56)59;1-33(2)34(3,4)38-36(37-33)28-17-11-16-26-32(28)31-23-13-6-5-12-22(23)20-21-27(31)35(26)24-14-7-9-18-29(24)39-30-19-10-8-15-25(30)35;31-23-12-16-25(17-13-23)32(24-14-10-22(11-15-24)21-6-2-1-3-7-21)26-18-19-30-28(20-26)27-8-4-5-9-29(27)33-30/h1-37H;5-21H,1-4H3;1-20H. The van der Waals surface area contributed by atoms with Crippen molar-refractivity contribution in [3.05, 3.63) is 498 Å². The molecule has 20 aromatic carbocycles. The molecule has 5 aliphatic rings. The van der Waals surface area contributed by atoms with Crippen LogP contribution in [0.25, 0.3) is 118 Å². The zero-order valence-corrected chi connectivity index (χ0v) is 78.0. The number of benzene rings is 20. The van der Waals surface area contributed by atoms with Gasteiger partial charge in [0.05, 0.1) is 22.0 Å². The second-order valence-electron chi connectivity index (χ2n) is 36.3. The van der Waals surface area contributed by atoms with Crippen molar-refractivity contribution < 1.29 is 9.31 Å². The van der Waals surface area contributed by atoms with Gasteiger partial charge in [0.2, 0.25) is 0 Å². The molecule has 0 unspecified atom stereocenters. The zero-order chi connectivity index (χ0) is 89.5. The van der Waals surface area contributed by atoms with Crippen LogP contribution >= 0.6 is 57.8 Å². The Morgan fingerprint density at radius 2 is 0.560 bits per heavy atom. The number of rotatable bonds is 10. The number of nitrogens with zero attached hydrogens (tertiary/aromatic N) is 2. The Balaban J connectivity index is 0.000000115. The van der Waals surface area contributed by atoms with Crippen molar-refractivity contribution in [1.29, 1.82) is 0 Å². The first-order chi connectivity index (χ1) is 65.8. The maximum atomic E-state index is 6.69. The van der Waals surface area contributed by atoms with Crippen molar-refractivity contribution in [2.45, 2.75) is 69.3 Å². The lowest BCUT2D eigenvalue weighted by Crippen LogP contribution is -2.41. The number of fused-ring (bicyclic) bond motifs is 28. The summed E-state index contributed by atoms with van der Waals surface area (Å²) in [7, 11) is -0.449. The quantitative estimate of drug-likeness (QED) is 0.127. The second kappa shape index (κ2) is 32.7. The molecule has 1 saturated heterocycles. The highest BCUT2D eigenvalue weighted by Gasteiger charge is 2.57. The molecular formula is C124H86BClN2O2S4. The first kappa shape index (κ1) is 81.9. The maximum Gasteiger partial charge on any atom is 0.495 e. The van der Waals surface area contributed by atoms with Crippen LogP contribution in [0.15, 0.2) is 468 Å². The summed E-state index contributed by atoms with van der Waals surface area (Å²) in [4.78, 5) is 9.95. The molecule has 0 N–H and O–H groups in total. The lowest BCUT2D eigenvalue weighted by molar-refractivity contribution is 0.00578. The van der Waals surface area contributed by atoms with Crippen LogP contribution in [0.2, 0.25) is 5.02 Å². The van der Waals surface area contributed by atoms with Crippen LogP contribution in [0.1, 0.15) is 72.2 Å². The summed E-state index contributed by atoms with van der Waals surface area (Å²) < 4.78 is 18.6. The first-order valence-corrected chi connectivity index (χ1v) is 49.5. The third kappa shape index (κ3) is 13.2. The van der Waals surface area contributed by atoms with E-state index in [-0.39, 0.29) is 0 Å². The predicted octanol–water partition coefficient (Wildman–Crippen LogP) is 34.7. The Labute approximate surface area is 802 Å². The van der Waals surface area contributed by atoms with Gasteiger partial charge >= 0.3 is 7.12 Å². The second-order valence-corrected chi connectivity index (χ2v) is 41.0. The molecule has 5 heterocycles. The Kier molecular flexibility index (Phi) is 20.0. The summed E-state index contributed by atoms with van der Waals surface area (Å²) in [6.07, 6.45) is 0. The lowest BCUT2D eigenvalue weighted by atomic mass is 9.66. The molecule has 1 fully saturated rings. The fourth-order valence-corrected chi connectivity index (χ4v) is 26.4. The molecule has 0 amide bonds. The third-order valence-electron chi connectivity index (χ3n) is 28.5. The van der Waals surface area contributed by atoms with E-state index in [0.29, 0.717) is 0 Å². The topological polar surface area (TPSA) is 24.9 Å². The molecular weight excluding hydrogens is 1720 g/mol. The van der Waals surface area contributed by atoms with Crippen LogP contribution in [-0.2, 0) is 20.1 Å². The summed E-state index contributed by atoms with van der Waals surface area (Å²) in [5, 5.41) is 11.0. The molecule has 2 spiro atoms. The summed E-state index contributed by atoms with van der Waals surface area (Å²) in [5.74, 6) is 0. The molecule has 0 atom stereocenters. The maximum absolute atomic E-state index is 6.69. The third-order valence-corrected chi connectivity index (χ3v) is 33.3. The molecule has 638 valence electrons. The number of hydrogen-bond acceptors (Lipinski definition) is 8. The number of thiophene rings is 2. The average Bonchev–Trinajstić information content (AvgIpc) is 1.51. The largest absolute Gasteiger partial charge is 0.495 e. The van der Waals surface area contributed by atoms with Crippen LogP contribution in [0.4, 0.5) is 34.1 Å². The molecule has 2 aromatic heterocycles. The van der Waals surface area contributed by atoms with Gasteiger partial charge in [-0.25, -0.2) is 0 Å². The number of halogens is 1. The van der Waals surface area contributed by atoms with Gasteiger partial charge in [0.25, 0.3) is 0 Å². The van der Waals surface area contributed by atoms with Gasteiger partial charge in [-0.2, -0.15) is 0 Å². The van der Waals surface area contributed by atoms with Gasteiger partial charge in [-0.05, 0) is 288 Å². The van der Waals surface area contributed by atoms with Crippen molar-refractivity contribution in [3.8, 4) is 55.6 Å². The molecule has 2 aliphatic carbocycles. The molecule has 10 heteroatoms. The number of anilines is 6. The van der Waals surface area contributed by atoms with Crippen molar-refractivity contribution in [2.75, 3.05) is 9.80 Å². The van der Waals surface area contributed by atoms with Crippen molar-refractivity contribution >= 4 is 166 Å². The van der Waals surface area contributed by atoms with E-state index in [2.05, 4.69) is 468 Å². The summed E-state index contributed by atoms with van der Waals surface area (Å²) >= 11 is 13.7. The smallest absolute Gasteiger partial charge is 0.399 e. The monoisotopic (exact) mass is 1810 g/mol. The van der Waals surface area contributed by atoms with Gasteiger partial charge in [-0.15, -0.1) is 22.7 Å². The van der Waals surface area contributed by atoms with Crippen molar-refractivity contribution in [2.24, 2.45) is 0 Å². The highest BCUT2D eigenvalue weighted by Crippen LogP contribution is 2.67. The number of hydrogen-bond donors (Lipinski definition) is 0. The molecule has 27 rings (SSSR count). The average molecular weight is 1810 g/mol. The van der Waals surface area contributed by atoms with Crippen LogP contribution in [0, 0.1) is 0 Å². The van der Waals surface area contributed by atoms with Crippen molar-refractivity contribution in [3.63, 3.8) is 0 Å². The van der Waals surface area contributed by atoms with Gasteiger partial charge in [-0.3, -0.25) is 0 Å². The zero-order valence-electron chi connectivity index (χ0n) is 74.0. The molecule has 4 nitrogen and oxygen atoms in total. The van der Waals surface area contributed by atoms with Crippen LogP contribution < -0.4 is 15.3 Å². The van der Waals surface area contributed by atoms with Gasteiger partial charge in [0, 0.05) is 99.1 Å². The van der Waals surface area contributed by atoms with Crippen LogP contribution in [0.5, 0.6) is 0 Å². The van der Waals surface area contributed by atoms with E-state index >= 15 is 0 Å². The molecule has 3 aliphatic heterocycles. The molecule has 22 aromatic rings. The SMILES string of the molecule is CC1(C)OB(c2cccc3c2-c2c(ccc4ccccc24)C32c3ccccc3Sc3ccccc32)OC1(C)C.Clc1ccc(N(c2ccc(-c3ccccc3)cc2)c2ccc3sc4ccccc4c3c2)cc1.c1ccc(-c2ccc(N(c3ccc(-c4cccc5c4-c4c(ccc6ccccc46)C54c5ccccc5Sc5ccccc54)cc3)c3ccc4sc5ccccc5c4c3)cc2)cc1. The fraction of sp³-hybridized carbons (Fsp3) is 0.0645. The van der Waals surface area contributed by atoms with E-state index in [1.54, 1.807) is 0 Å². The summed E-state index contributed by atoms with van der Waals surface area (Å²) in [5.41, 5.74) is 29.3. The van der Waals surface area contributed by atoms with E-state index in [1.165, 1.54) is 182 Å². The van der Waals surface area contributed by atoms with Crippen LogP contribution in [-0.4, -0.2) is 18.3 Å². The Morgan fingerprint density at radius 1 is 0.239 bits per heavy atom. The molecule has 0 bridgehead atoms. The van der Waals surface area contributed by atoms with E-state index < -0.39 is 29.2 Å². The lowest BCUT2D eigenvalue weighted by Gasteiger charge is -2.39. The van der Waals surface area contributed by atoms with E-state index in [4.69, 9.17) is 20.9 Å². The van der Waals surface area contributed by atoms with Crippen LogP contribution in [0.3, 0.4) is 0 Å². The Morgan fingerprint density at radius 3 is 1.00 bits per heavy atom. The normalized spacial score (nSPS) is 14.4. The minimum absolute atomic E-state index is 0.418. The van der Waals surface area contributed by atoms with E-state index in [9.17, 15) is 0 Å². The van der Waals surface area contributed by atoms with E-state index in [1.807, 2.05) is 64.4 Å². The van der Waals surface area contributed by atoms with Gasteiger partial charge in [0.15, 0.2) is 0 Å². The first-order valence-electron chi connectivity index (χ1n) is 45.8. The van der Waals surface area contributed by atoms with Gasteiger partial charge in [0.1, 0.15) is 0 Å². The van der Waals surface area contributed by atoms with E-state index in [0.717, 1.165) is 44.6 Å². The fourth-order valence-electron chi connectivity index (χ4n) is 21.7. The predicted molar refractivity (Wildman–Crippen MR) is 569 cm³/mol. The Bertz CT molecular complexity index is 8320. The Hall–Kier alpha value is -14.1. The summed E-state index contributed by atoms with van der Waals surface area (Å²) in [6.45, 7) is 8.52. The molecule has 0 saturated carbocycles. The minimum Gasteiger partial charge on any atom is -0.399 e. The highest BCUT2D eigenvalue weighted by atomic mass is 35.5.